The summed E-state index contributed by atoms with van der Waals surface area (Å²) in [5, 5.41) is 11.2. The van der Waals surface area contributed by atoms with Gasteiger partial charge in [0.05, 0.1) is 30.5 Å². The fourth-order valence-electron chi connectivity index (χ4n) is 4.83. The van der Waals surface area contributed by atoms with Crippen molar-refractivity contribution in [2.24, 2.45) is 0 Å². The van der Waals surface area contributed by atoms with Gasteiger partial charge < -0.3 is 24.3 Å². The monoisotopic (exact) mass is 520 g/mol. The molecule has 2 aliphatic heterocycles. The number of hydrogen-bond acceptors (Lipinski definition) is 9. The van der Waals surface area contributed by atoms with Crippen LogP contribution < -0.4 is 15.1 Å². The second kappa shape index (κ2) is 10.4. The fourth-order valence-corrected chi connectivity index (χ4v) is 4.83. The first-order valence-electron chi connectivity index (χ1n) is 12.6. The number of nitrogens with one attached hydrogen (secondary N) is 1. The molecule has 2 aliphatic rings. The van der Waals surface area contributed by atoms with Crippen molar-refractivity contribution in [1.82, 2.24) is 30.0 Å². The molecular formula is C26H32N8O4. The first-order valence-corrected chi connectivity index (χ1v) is 12.6. The fraction of sp³-hybridized carbons (Fsp3) is 0.462. The predicted molar refractivity (Wildman–Crippen MR) is 140 cm³/mol. The van der Waals surface area contributed by atoms with Crippen LogP contribution in [-0.4, -0.2) is 70.6 Å². The number of aryl methyl sites for hydroxylation is 1. The van der Waals surface area contributed by atoms with Gasteiger partial charge in [0.1, 0.15) is 29.8 Å². The van der Waals surface area contributed by atoms with Gasteiger partial charge in [0.25, 0.3) is 5.91 Å². The normalized spacial score (nSPS) is 16.1. The molecule has 1 atom stereocenters. The maximum absolute atomic E-state index is 13.7. The average molecular weight is 521 g/mol. The van der Waals surface area contributed by atoms with Crippen molar-refractivity contribution in [3.05, 3.63) is 46.9 Å². The van der Waals surface area contributed by atoms with Crippen molar-refractivity contribution in [3.63, 3.8) is 0 Å². The minimum Gasteiger partial charge on any atom is -0.443 e. The van der Waals surface area contributed by atoms with Crippen molar-refractivity contribution in [3.8, 4) is 11.5 Å². The molecule has 3 aromatic heterocycles. The quantitative estimate of drug-likeness (QED) is 0.477. The number of nitrogens with zero attached hydrogens (tertiary/aromatic N) is 7. The first-order chi connectivity index (χ1) is 18.3. The Bertz CT molecular complexity index is 1370. The number of carbonyl (C=O) groups is 2. The first kappa shape index (κ1) is 25.6. The summed E-state index contributed by atoms with van der Waals surface area (Å²) in [6.45, 7) is 4.86. The van der Waals surface area contributed by atoms with E-state index in [-0.39, 0.29) is 31.1 Å². The highest BCUT2D eigenvalue weighted by molar-refractivity contribution is 6.10. The number of aromatic nitrogens is 5. The summed E-state index contributed by atoms with van der Waals surface area (Å²) in [7, 11) is 5.10. The van der Waals surface area contributed by atoms with Gasteiger partial charge in [-0.1, -0.05) is 6.07 Å². The topological polar surface area (TPSA) is 128 Å². The van der Waals surface area contributed by atoms with E-state index in [0.29, 0.717) is 41.0 Å². The number of anilines is 2. The Morgan fingerprint density at radius 3 is 2.82 bits per heavy atom. The molecule has 2 amide bonds. The Morgan fingerprint density at radius 2 is 2.08 bits per heavy atom. The van der Waals surface area contributed by atoms with E-state index in [1.165, 1.54) is 7.05 Å². The lowest BCUT2D eigenvalue weighted by Gasteiger charge is -2.23. The largest absolute Gasteiger partial charge is 0.443 e. The number of hydrogen-bond donors (Lipinski definition) is 1. The smallest absolute Gasteiger partial charge is 0.407 e. The SMILES string of the molecule is CNC(=O)OCc1nc(N(C)C(C)C)cc2c1CN(c1cccc(-c3nnc4n3[C@H](COC)CC4)n1)C2=O. The maximum atomic E-state index is 13.7. The predicted octanol–water partition coefficient (Wildman–Crippen LogP) is 2.73. The summed E-state index contributed by atoms with van der Waals surface area (Å²) >= 11 is 0. The van der Waals surface area contributed by atoms with Gasteiger partial charge >= 0.3 is 6.09 Å². The number of pyridine rings is 2. The third kappa shape index (κ3) is 4.55. The molecule has 5 rings (SSSR count). The lowest BCUT2D eigenvalue weighted by Crippen LogP contribution is -2.27. The molecule has 0 radical (unpaired) electrons. The van der Waals surface area contributed by atoms with Crippen molar-refractivity contribution in [2.45, 2.75) is 51.9 Å². The number of rotatable bonds is 8. The van der Waals surface area contributed by atoms with Gasteiger partial charge in [-0.25, -0.2) is 14.8 Å². The van der Waals surface area contributed by atoms with Gasteiger partial charge in [-0.2, -0.15) is 0 Å². The van der Waals surface area contributed by atoms with E-state index < -0.39 is 6.09 Å². The van der Waals surface area contributed by atoms with Crippen molar-refractivity contribution < 1.29 is 19.1 Å². The molecule has 0 bridgehead atoms. The zero-order chi connectivity index (χ0) is 27.0. The highest BCUT2D eigenvalue weighted by Crippen LogP contribution is 2.34. The Labute approximate surface area is 221 Å². The zero-order valence-corrected chi connectivity index (χ0v) is 22.3. The van der Waals surface area contributed by atoms with Crippen LogP contribution in [0.1, 0.15) is 53.7 Å². The van der Waals surface area contributed by atoms with Gasteiger partial charge in [-0.15, -0.1) is 10.2 Å². The van der Waals surface area contributed by atoms with Crippen LogP contribution in [0.5, 0.6) is 0 Å². The Hall–Kier alpha value is -4.06. The summed E-state index contributed by atoms with van der Waals surface area (Å²) in [5.74, 6) is 2.52. The van der Waals surface area contributed by atoms with E-state index in [1.54, 1.807) is 24.1 Å². The second-order valence-corrected chi connectivity index (χ2v) is 9.71. The Balaban J connectivity index is 1.49. The van der Waals surface area contributed by atoms with Crippen LogP contribution in [0.25, 0.3) is 11.5 Å². The summed E-state index contributed by atoms with van der Waals surface area (Å²) < 4.78 is 12.8. The summed E-state index contributed by atoms with van der Waals surface area (Å²) in [6, 6.07) is 7.64. The average Bonchev–Trinajstić information content (AvgIpc) is 3.61. The molecule has 12 nitrogen and oxygen atoms in total. The van der Waals surface area contributed by atoms with Crippen molar-refractivity contribution >= 4 is 23.6 Å². The van der Waals surface area contributed by atoms with Crippen LogP contribution in [0, 0.1) is 0 Å². The number of alkyl carbamates (subject to hydrolysis) is 1. The van der Waals surface area contributed by atoms with E-state index in [4.69, 9.17) is 19.4 Å². The number of methoxy groups -OCH3 is 1. The van der Waals surface area contributed by atoms with Crippen molar-refractivity contribution in [2.75, 3.05) is 37.6 Å². The van der Waals surface area contributed by atoms with E-state index in [2.05, 4.69) is 20.1 Å². The van der Waals surface area contributed by atoms with E-state index in [0.717, 1.165) is 24.2 Å². The molecule has 0 fully saturated rings. The standard InChI is InChI=1S/C26H32N8O4/c1-15(2)32(4)23-11-17-18(20(29-23)14-38-26(36)27-3)12-33(25(17)35)21-8-6-7-19(28-21)24-31-30-22-10-9-16(13-37-5)34(22)24/h6-8,11,15-16H,9-10,12-14H2,1-5H3,(H,27,36)/t16-/m0/s1. The number of amides is 2. The Kier molecular flexibility index (Phi) is 6.98. The van der Waals surface area contributed by atoms with Crippen molar-refractivity contribution in [1.29, 1.82) is 0 Å². The minimum absolute atomic E-state index is 0.0524. The molecule has 5 heterocycles. The third-order valence-electron chi connectivity index (χ3n) is 7.10. The van der Waals surface area contributed by atoms with Gasteiger partial charge in [0.15, 0.2) is 5.82 Å². The molecule has 0 aromatic carbocycles. The third-order valence-corrected chi connectivity index (χ3v) is 7.10. The molecule has 38 heavy (non-hydrogen) atoms. The maximum Gasteiger partial charge on any atom is 0.407 e. The van der Waals surface area contributed by atoms with Gasteiger partial charge in [-0.3, -0.25) is 9.69 Å². The molecule has 0 saturated carbocycles. The second-order valence-electron chi connectivity index (χ2n) is 9.71. The molecule has 0 spiro atoms. The minimum atomic E-state index is -0.564. The van der Waals surface area contributed by atoms with Crippen LogP contribution in [0.15, 0.2) is 24.3 Å². The molecule has 0 saturated heterocycles. The van der Waals surface area contributed by atoms with E-state index in [9.17, 15) is 9.59 Å². The number of ether oxygens (including phenoxy) is 2. The van der Waals surface area contributed by atoms with Gasteiger partial charge in [0.2, 0.25) is 0 Å². The van der Waals surface area contributed by atoms with Crippen LogP contribution in [0.3, 0.4) is 0 Å². The van der Waals surface area contributed by atoms with E-state index >= 15 is 0 Å². The molecular weight excluding hydrogens is 488 g/mol. The molecule has 0 unspecified atom stereocenters. The van der Waals surface area contributed by atoms with Crippen LogP contribution in [0.4, 0.5) is 16.4 Å². The van der Waals surface area contributed by atoms with Gasteiger partial charge in [0, 0.05) is 39.2 Å². The Morgan fingerprint density at radius 1 is 1.26 bits per heavy atom. The summed E-state index contributed by atoms with van der Waals surface area (Å²) in [6.07, 6.45) is 1.21. The lowest BCUT2D eigenvalue weighted by molar-refractivity contribution is 0.0996. The molecule has 1 N–H and O–H groups in total. The lowest BCUT2D eigenvalue weighted by atomic mass is 10.1. The molecule has 0 aliphatic carbocycles. The van der Waals surface area contributed by atoms with E-state index in [1.807, 2.05) is 37.9 Å². The summed E-state index contributed by atoms with van der Waals surface area (Å²) in [5.41, 5.74) is 2.41. The van der Waals surface area contributed by atoms with Crippen LogP contribution in [0.2, 0.25) is 0 Å². The number of fused-ring (bicyclic) bond motifs is 2. The molecule has 3 aromatic rings. The number of carbonyl (C=O) groups excluding carboxylic acids is 2. The van der Waals surface area contributed by atoms with Crippen LogP contribution >= 0.6 is 0 Å². The van der Waals surface area contributed by atoms with Gasteiger partial charge in [-0.05, 0) is 38.5 Å². The molecule has 12 heteroatoms. The van der Waals surface area contributed by atoms with Crippen LogP contribution in [-0.2, 0) is 29.0 Å². The highest BCUT2D eigenvalue weighted by atomic mass is 16.5. The zero-order valence-electron chi connectivity index (χ0n) is 22.3. The highest BCUT2D eigenvalue weighted by Gasteiger charge is 2.34. The molecule has 200 valence electrons. The summed E-state index contributed by atoms with van der Waals surface area (Å²) in [4.78, 5) is 38.6.